The van der Waals surface area contributed by atoms with Gasteiger partial charge in [0.05, 0.1) is 30.3 Å². The number of carbonyl (C=O) groups is 3. The van der Waals surface area contributed by atoms with Crippen LogP contribution < -0.4 is 0 Å². The van der Waals surface area contributed by atoms with Gasteiger partial charge in [-0.1, -0.05) is 48.5 Å². The summed E-state index contributed by atoms with van der Waals surface area (Å²) in [5.74, 6) is -0.411. The molecule has 1 aliphatic rings. The lowest BCUT2D eigenvalue weighted by molar-refractivity contribution is -0.141. The van der Waals surface area contributed by atoms with E-state index in [0.29, 0.717) is 19.4 Å². The first kappa shape index (κ1) is 24.5. The van der Waals surface area contributed by atoms with Crippen LogP contribution in [0.15, 0.2) is 54.6 Å². The van der Waals surface area contributed by atoms with Gasteiger partial charge in [-0.25, -0.2) is 9.36 Å². The molecule has 1 aromatic heterocycles. The number of carbonyl (C=O) groups excluding carboxylic acids is 3. The number of rotatable bonds is 5. The second kappa shape index (κ2) is 9.94. The van der Waals surface area contributed by atoms with E-state index in [9.17, 15) is 14.4 Å². The largest absolute Gasteiger partial charge is 0.466 e. The van der Waals surface area contributed by atoms with Crippen molar-refractivity contribution in [1.29, 1.82) is 0 Å². The second-order valence-electron chi connectivity index (χ2n) is 9.84. The van der Waals surface area contributed by atoms with E-state index in [2.05, 4.69) is 0 Å². The Balaban J connectivity index is 1.79. The number of benzene rings is 2. The number of fused-ring (bicyclic) bond motifs is 3. The van der Waals surface area contributed by atoms with Crippen LogP contribution in [0.3, 0.4) is 0 Å². The monoisotopic (exact) mass is 476 g/mol. The zero-order valence-electron chi connectivity index (χ0n) is 20.7. The SMILES string of the molecule is CC(=O)OCCC1c2c(c3ccccc3n2C(=O)OC(C)(C)C)CCN1C(=O)Cc1ccccc1. The summed E-state index contributed by atoms with van der Waals surface area (Å²) in [6, 6.07) is 16.9. The molecule has 0 saturated carbocycles. The molecule has 35 heavy (non-hydrogen) atoms. The molecule has 0 aliphatic carbocycles. The maximum atomic E-state index is 13.5. The number of nitrogens with zero attached hydrogens (tertiary/aromatic N) is 2. The minimum absolute atomic E-state index is 0.0318. The molecule has 1 amide bonds. The fraction of sp³-hybridized carbons (Fsp3) is 0.393. The Morgan fingerprint density at radius 3 is 2.37 bits per heavy atom. The molecule has 0 fully saturated rings. The Morgan fingerprint density at radius 2 is 1.69 bits per heavy atom. The van der Waals surface area contributed by atoms with E-state index in [1.165, 1.54) is 6.92 Å². The first-order valence-corrected chi connectivity index (χ1v) is 12.0. The van der Waals surface area contributed by atoms with E-state index < -0.39 is 17.7 Å². The molecule has 0 bridgehead atoms. The summed E-state index contributed by atoms with van der Waals surface area (Å²) in [4.78, 5) is 40.3. The normalized spacial score (nSPS) is 15.5. The molecule has 1 atom stereocenters. The van der Waals surface area contributed by atoms with Crippen LogP contribution in [0, 0.1) is 0 Å². The zero-order chi connectivity index (χ0) is 25.2. The molecule has 7 nitrogen and oxygen atoms in total. The van der Waals surface area contributed by atoms with Crippen LogP contribution >= 0.6 is 0 Å². The van der Waals surface area contributed by atoms with Gasteiger partial charge < -0.3 is 14.4 Å². The van der Waals surface area contributed by atoms with E-state index in [1.807, 2.05) is 80.3 Å². The minimum atomic E-state index is -0.680. The summed E-state index contributed by atoms with van der Waals surface area (Å²) in [5, 5.41) is 0.973. The summed E-state index contributed by atoms with van der Waals surface area (Å²) in [7, 11) is 0. The van der Waals surface area contributed by atoms with Crippen molar-refractivity contribution >= 4 is 28.9 Å². The highest BCUT2D eigenvalue weighted by molar-refractivity contribution is 5.94. The Bertz CT molecular complexity index is 1240. The molecule has 184 valence electrons. The van der Waals surface area contributed by atoms with Crippen molar-refractivity contribution in [3.8, 4) is 0 Å². The zero-order valence-corrected chi connectivity index (χ0v) is 20.7. The third-order valence-electron chi connectivity index (χ3n) is 6.11. The van der Waals surface area contributed by atoms with Gasteiger partial charge in [-0.3, -0.25) is 9.59 Å². The lowest BCUT2D eigenvalue weighted by Gasteiger charge is -2.37. The number of amides is 1. The van der Waals surface area contributed by atoms with Crippen LogP contribution in [0.4, 0.5) is 4.79 Å². The fourth-order valence-electron chi connectivity index (χ4n) is 4.76. The van der Waals surface area contributed by atoms with Gasteiger partial charge in [-0.2, -0.15) is 0 Å². The molecular formula is C28H32N2O5. The maximum absolute atomic E-state index is 13.5. The van der Waals surface area contributed by atoms with E-state index in [4.69, 9.17) is 9.47 Å². The van der Waals surface area contributed by atoms with Crippen LogP contribution in [-0.4, -0.2) is 46.2 Å². The van der Waals surface area contributed by atoms with Crippen molar-refractivity contribution in [2.45, 2.75) is 58.6 Å². The standard InChI is InChI=1S/C28H32N2O5/c1-19(31)34-17-15-24-26-22(14-16-29(24)25(32)18-20-10-6-5-7-11-20)21-12-8-9-13-23(21)30(26)27(33)35-28(2,3)4/h5-13,24H,14-18H2,1-4H3. The van der Waals surface area contributed by atoms with Crippen LogP contribution in [-0.2, 0) is 31.9 Å². The first-order valence-electron chi connectivity index (χ1n) is 12.0. The van der Waals surface area contributed by atoms with Gasteiger partial charge in [0.25, 0.3) is 0 Å². The second-order valence-corrected chi connectivity index (χ2v) is 9.84. The summed E-state index contributed by atoms with van der Waals surface area (Å²) in [6.45, 7) is 7.52. The summed E-state index contributed by atoms with van der Waals surface area (Å²) in [6.07, 6.45) is 0.778. The Labute approximate surface area is 205 Å². The van der Waals surface area contributed by atoms with Gasteiger partial charge in [0.15, 0.2) is 0 Å². The molecule has 0 N–H and O–H groups in total. The van der Waals surface area contributed by atoms with Crippen LogP contribution in [0.5, 0.6) is 0 Å². The molecule has 1 unspecified atom stereocenters. The number of para-hydroxylation sites is 1. The Morgan fingerprint density at radius 1 is 1.00 bits per heavy atom. The van der Waals surface area contributed by atoms with Gasteiger partial charge in [0.1, 0.15) is 5.60 Å². The highest BCUT2D eigenvalue weighted by Gasteiger charge is 2.37. The molecule has 3 aromatic rings. The highest BCUT2D eigenvalue weighted by atomic mass is 16.6. The predicted octanol–water partition coefficient (Wildman–Crippen LogP) is 5.05. The highest BCUT2D eigenvalue weighted by Crippen LogP contribution is 2.39. The van der Waals surface area contributed by atoms with Gasteiger partial charge in [0, 0.05) is 25.3 Å². The number of hydrogen-bond acceptors (Lipinski definition) is 5. The Hall–Kier alpha value is -3.61. The van der Waals surface area contributed by atoms with E-state index >= 15 is 0 Å². The van der Waals surface area contributed by atoms with Crippen LogP contribution in [0.25, 0.3) is 10.9 Å². The van der Waals surface area contributed by atoms with Crippen molar-refractivity contribution in [2.75, 3.05) is 13.2 Å². The fourth-order valence-corrected chi connectivity index (χ4v) is 4.76. The number of hydrogen-bond donors (Lipinski definition) is 0. The summed E-state index contributed by atoms with van der Waals surface area (Å²) < 4.78 is 12.6. The molecular weight excluding hydrogens is 444 g/mol. The maximum Gasteiger partial charge on any atom is 0.419 e. The quantitative estimate of drug-likeness (QED) is 0.482. The van der Waals surface area contributed by atoms with Crippen molar-refractivity contribution in [1.82, 2.24) is 9.47 Å². The molecule has 2 heterocycles. The predicted molar refractivity (Wildman–Crippen MR) is 133 cm³/mol. The van der Waals surface area contributed by atoms with Crippen molar-refractivity contribution in [3.63, 3.8) is 0 Å². The lowest BCUT2D eigenvalue weighted by atomic mass is 9.94. The van der Waals surface area contributed by atoms with E-state index in [-0.39, 0.29) is 24.9 Å². The third kappa shape index (κ3) is 5.39. The molecule has 0 saturated heterocycles. The van der Waals surface area contributed by atoms with Crippen molar-refractivity contribution < 1.29 is 23.9 Å². The molecule has 4 rings (SSSR count). The van der Waals surface area contributed by atoms with E-state index in [0.717, 1.165) is 27.7 Å². The van der Waals surface area contributed by atoms with Gasteiger partial charge in [-0.15, -0.1) is 0 Å². The molecule has 2 aromatic carbocycles. The van der Waals surface area contributed by atoms with E-state index in [1.54, 1.807) is 4.57 Å². The van der Waals surface area contributed by atoms with Gasteiger partial charge in [0.2, 0.25) is 5.91 Å². The summed E-state index contributed by atoms with van der Waals surface area (Å²) >= 11 is 0. The smallest absolute Gasteiger partial charge is 0.419 e. The number of esters is 1. The van der Waals surface area contributed by atoms with Crippen molar-refractivity contribution in [3.05, 3.63) is 71.4 Å². The minimum Gasteiger partial charge on any atom is -0.466 e. The average molecular weight is 477 g/mol. The van der Waals surface area contributed by atoms with Gasteiger partial charge >= 0.3 is 12.1 Å². The molecule has 0 spiro atoms. The number of ether oxygens (including phenoxy) is 2. The average Bonchev–Trinajstić information content (AvgIpc) is 3.13. The van der Waals surface area contributed by atoms with Crippen LogP contribution in [0.2, 0.25) is 0 Å². The van der Waals surface area contributed by atoms with Crippen molar-refractivity contribution in [2.24, 2.45) is 0 Å². The summed E-state index contributed by atoms with van der Waals surface area (Å²) in [5.41, 5.74) is 2.76. The van der Waals surface area contributed by atoms with Gasteiger partial charge in [-0.05, 0) is 44.4 Å². The third-order valence-corrected chi connectivity index (χ3v) is 6.11. The Kier molecular flexibility index (Phi) is 6.96. The first-order chi connectivity index (χ1) is 16.7. The molecule has 1 aliphatic heterocycles. The number of aromatic nitrogens is 1. The molecule has 0 radical (unpaired) electrons. The molecule has 7 heteroatoms. The lowest BCUT2D eigenvalue weighted by Crippen LogP contribution is -2.43. The van der Waals surface area contributed by atoms with Crippen LogP contribution in [0.1, 0.15) is 57.0 Å². The topological polar surface area (TPSA) is 77.8 Å².